The van der Waals surface area contributed by atoms with E-state index in [1.54, 1.807) is 0 Å². The highest BCUT2D eigenvalue weighted by Crippen LogP contribution is 2.18. The van der Waals surface area contributed by atoms with Gasteiger partial charge in [0.2, 0.25) is 0 Å². The van der Waals surface area contributed by atoms with Crippen LogP contribution in [0.2, 0.25) is 0 Å². The van der Waals surface area contributed by atoms with Crippen LogP contribution >= 0.6 is 11.5 Å². The molecule has 0 unspecified atom stereocenters. The van der Waals surface area contributed by atoms with Crippen LogP contribution in [0.15, 0.2) is 23.1 Å². The van der Waals surface area contributed by atoms with Crippen LogP contribution in [-0.2, 0) is 6.54 Å². The maximum atomic E-state index is 11.9. The third kappa shape index (κ3) is 2.76. The highest BCUT2D eigenvalue weighted by Gasteiger charge is 2.15. The first-order valence-corrected chi connectivity index (χ1v) is 6.29. The number of pyridine rings is 1. The van der Waals surface area contributed by atoms with Gasteiger partial charge in [0.15, 0.2) is 0 Å². The minimum absolute atomic E-state index is 0.152. The van der Waals surface area contributed by atoms with E-state index < -0.39 is 16.2 Å². The number of anilines is 1. The van der Waals surface area contributed by atoms with E-state index in [0.29, 0.717) is 12.2 Å². The number of hydrogen-bond donors (Lipinski definition) is 1. The molecule has 19 heavy (non-hydrogen) atoms. The molecule has 0 aromatic carbocycles. The number of rotatable bonds is 5. The summed E-state index contributed by atoms with van der Waals surface area (Å²) in [4.78, 5) is 21.9. The normalized spacial score (nSPS) is 10.4. The molecule has 0 bridgehead atoms. The number of nitro groups is 1. The maximum absolute atomic E-state index is 11.9. The molecule has 0 saturated carbocycles. The zero-order valence-corrected chi connectivity index (χ0v) is 10.9. The lowest BCUT2D eigenvalue weighted by Crippen LogP contribution is -2.22. The molecule has 0 aliphatic rings. The molecule has 0 fully saturated rings. The van der Waals surface area contributed by atoms with Gasteiger partial charge in [-0.1, -0.05) is 4.49 Å². The molecule has 2 heterocycles. The molecule has 2 rings (SSSR count). The van der Waals surface area contributed by atoms with E-state index in [4.69, 9.17) is 0 Å². The standard InChI is InChI=1S/C10H11N5O3S/c1-2-11-9-7(12-13-19-9)6-14-5-3-4-8(10(14)16)15(17)18/h3-5,11H,2,6H2,1H3. The molecule has 0 spiro atoms. The monoisotopic (exact) mass is 281 g/mol. The summed E-state index contributed by atoms with van der Waals surface area (Å²) in [7, 11) is 0. The zero-order valence-electron chi connectivity index (χ0n) is 10.1. The van der Waals surface area contributed by atoms with Gasteiger partial charge in [-0.05, 0) is 13.0 Å². The minimum Gasteiger partial charge on any atom is -0.374 e. The Bertz CT molecular complexity index is 651. The summed E-state index contributed by atoms with van der Waals surface area (Å²) in [6, 6.07) is 2.65. The van der Waals surface area contributed by atoms with Gasteiger partial charge in [0.1, 0.15) is 10.7 Å². The van der Waals surface area contributed by atoms with Crippen LogP contribution in [0, 0.1) is 10.1 Å². The quantitative estimate of drug-likeness (QED) is 0.650. The molecule has 2 aromatic rings. The lowest BCUT2D eigenvalue weighted by molar-refractivity contribution is -0.386. The average Bonchev–Trinajstić information content (AvgIpc) is 2.79. The van der Waals surface area contributed by atoms with Crippen LogP contribution < -0.4 is 10.9 Å². The Kier molecular flexibility index (Phi) is 3.85. The van der Waals surface area contributed by atoms with Crippen molar-refractivity contribution in [1.82, 2.24) is 14.2 Å². The molecule has 100 valence electrons. The van der Waals surface area contributed by atoms with Gasteiger partial charge in [0.05, 0.1) is 11.5 Å². The second kappa shape index (κ2) is 5.57. The maximum Gasteiger partial charge on any atom is 0.334 e. The number of nitrogens with one attached hydrogen (secondary N) is 1. The molecular weight excluding hydrogens is 270 g/mol. The first-order chi connectivity index (χ1) is 9.13. The van der Waals surface area contributed by atoms with Crippen LogP contribution in [0.25, 0.3) is 0 Å². The summed E-state index contributed by atoms with van der Waals surface area (Å²) in [5.74, 6) is 0. The largest absolute Gasteiger partial charge is 0.374 e. The fraction of sp³-hybridized carbons (Fsp3) is 0.300. The van der Waals surface area contributed by atoms with Crippen molar-refractivity contribution >= 4 is 22.2 Å². The SMILES string of the molecule is CCNc1snnc1Cn1cccc([N+](=O)[O-])c1=O. The molecule has 9 heteroatoms. The van der Waals surface area contributed by atoms with Crippen LogP contribution in [0.1, 0.15) is 12.6 Å². The Morgan fingerprint density at radius 2 is 2.37 bits per heavy atom. The Labute approximate surface area is 112 Å². The molecule has 0 saturated heterocycles. The van der Waals surface area contributed by atoms with E-state index in [0.717, 1.165) is 5.00 Å². The van der Waals surface area contributed by atoms with Crippen molar-refractivity contribution in [3.05, 3.63) is 44.5 Å². The Morgan fingerprint density at radius 1 is 1.58 bits per heavy atom. The van der Waals surface area contributed by atoms with E-state index in [9.17, 15) is 14.9 Å². The topological polar surface area (TPSA) is 103 Å². The molecule has 0 aliphatic carbocycles. The summed E-state index contributed by atoms with van der Waals surface area (Å²) in [6.45, 7) is 2.79. The predicted molar refractivity (Wildman–Crippen MR) is 70.5 cm³/mol. The Morgan fingerprint density at radius 3 is 3.05 bits per heavy atom. The van der Waals surface area contributed by atoms with E-state index in [2.05, 4.69) is 14.9 Å². The van der Waals surface area contributed by atoms with E-state index in [1.165, 1.54) is 34.4 Å². The fourth-order valence-electron chi connectivity index (χ4n) is 1.56. The molecule has 8 nitrogen and oxygen atoms in total. The van der Waals surface area contributed by atoms with Crippen molar-refractivity contribution in [2.75, 3.05) is 11.9 Å². The minimum atomic E-state index is -0.691. The summed E-state index contributed by atoms with van der Waals surface area (Å²) < 4.78 is 5.05. The summed E-state index contributed by atoms with van der Waals surface area (Å²) in [5, 5.41) is 18.5. The van der Waals surface area contributed by atoms with Gasteiger partial charge in [0, 0.05) is 30.3 Å². The van der Waals surface area contributed by atoms with Gasteiger partial charge in [-0.15, -0.1) is 5.10 Å². The second-order valence-corrected chi connectivity index (χ2v) is 4.42. The predicted octanol–water partition coefficient (Wildman–Crippen LogP) is 1.09. The molecule has 2 aromatic heterocycles. The van der Waals surface area contributed by atoms with Crippen molar-refractivity contribution in [3.63, 3.8) is 0 Å². The third-order valence-electron chi connectivity index (χ3n) is 2.41. The van der Waals surface area contributed by atoms with Crippen LogP contribution in [0.5, 0.6) is 0 Å². The third-order valence-corrected chi connectivity index (χ3v) is 3.14. The van der Waals surface area contributed by atoms with Crippen LogP contribution in [0.4, 0.5) is 10.7 Å². The van der Waals surface area contributed by atoms with Crippen LogP contribution in [-0.4, -0.2) is 25.6 Å². The van der Waals surface area contributed by atoms with Gasteiger partial charge < -0.3 is 9.88 Å². The molecule has 0 amide bonds. The molecule has 1 N–H and O–H groups in total. The zero-order chi connectivity index (χ0) is 13.8. The smallest absolute Gasteiger partial charge is 0.334 e. The van der Waals surface area contributed by atoms with Gasteiger partial charge in [-0.2, -0.15) is 0 Å². The molecule has 0 aliphatic heterocycles. The highest BCUT2D eigenvalue weighted by atomic mass is 32.1. The first-order valence-electron chi connectivity index (χ1n) is 5.52. The molecule has 0 atom stereocenters. The van der Waals surface area contributed by atoms with Crippen molar-refractivity contribution in [3.8, 4) is 0 Å². The first kappa shape index (κ1) is 13.1. The van der Waals surface area contributed by atoms with Crippen molar-refractivity contribution in [2.24, 2.45) is 0 Å². The number of nitrogens with zero attached hydrogens (tertiary/aromatic N) is 4. The lowest BCUT2D eigenvalue weighted by atomic mass is 10.3. The molecular formula is C10H11N5O3S. The molecule has 0 radical (unpaired) electrons. The highest BCUT2D eigenvalue weighted by molar-refractivity contribution is 7.10. The van der Waals surface area contributed by atoms with Gasteiger partial charge >= 0.3 is 11.2 Å². The number of aromatic nitrogens is 3. The van der Waals surface area contributed by atoms with Gasteiger partial charge in [0.25, 0.3) is 0 Å². The van der Waals surface area contributed by atoms with Gasteiger partial charge in [-0.3, -0.25) is 14.9 Å². The Hall–Kier alpha value is -2.29. The number of hydrogen-bond acceptors (Lipinski definition) is 7. The summed E-state index contributed by atoms with van der Waals surface area (Å²) in [5.41, 5.74) is -0.506. The average molecular weight is 281 g/mol. The van der Waals surface area contributed by atoms with Crippen molar-refractivity contribution in [1.29, 1.82) is 0 Å². The van der Waals surface area contributed by atoms with Crippen molar-refractivity contribution < 1.29 is 4.92 Å². The fourth-order valence-corrected chi connectivity index (χ4v) is 2.20. The summed E-state index contributed by atoms with van der Waals surface area (Å²) in [6.07, 6.45) is 1.49. The summed E-state index contributed by atoms with van der Waals surface area (Å²) >= 11 is 1.19. The second-order valence-electron chi connectivity index (χ2n) is 3.66. The van der Waals surface area contributed by atoms with Gasteiger partial charge in [-0.25, -0.2) is 0 Å². The van der Waals surface area contributed by atoms with Crippen LogP contribution in [0.3, 0.4) is 0 Å². The van der Waals surface area contributed by atoms with E-state index in [1.807, 2.05) is 6.92 Å². The van der Waals surface area contributed by atoms with E-state index in [-0.39, 0.29) is 6.54 Å². The lowest BCUT2D eigenvalue weighted by Gasteiger charge is -2.05. The Balaban J connectivity index is 2.33. The van der Waals surface area contributed by atoms with E-state index >= 15 is 0 Å². The van der Waals surface area contributed by atoms with Crippen molar-refractivity contribution in [2.45, 2.75) is 13.5 Å².